The van der Waals surface area contributed by atoms with Gasteiger partial charge in [0.2, 0.25) is 0 Å². The van der Waals surface area contributed by atoms with Gasteiger partial charge in [-0.2, -0.15) is 0 Å². The molecule has 0 bridgehead atoms. The van der Waals surface area contributed by atoms with Crippen molar-refractivity contribution in [2.45, 2.75) is 13.1 Å². The van der Waals surface area contributed by atoms with Crippen LogP contribution < -0.4 is 0 Å². The molecule has 1 aliphatic heterocycles. The zero-order chi connectivity index (χ0) is 11.5. The SMILES string of the molecule is c1ccc(CN2Cc3ccccc3N=N2)cc1. The van der Waals surface area contributed by atoms with Crippen LogP contribution in [0.1, 0.15) is 11.1 Å². The first kappa shape index (κ1) is 10.0. The summed E-state index contributed by atoms with van der Waals surface area (Å²) in [6.45, 7) is 1.63. The van der Waals surface area contributed by atoms with E-state index in [1.165, 1.54) is 11.1 Å². The van der Waals surface area contributed by atoms with Crippen LogP contribution in [0.4, 0.5) is 5.69 Å². The first-order chi connectivity index (χ1) is 8.42. The number of hydrogen-bond acceptors (Lipinski definition) is 3. The predicted molar refractivity (Wildman–Crippen MR) is 66.6 cm³/mol. The largest absolute Gasteiger partial charge is 0.270 e. The highest BCUT2D eigenvalue weighted by molar-refractivity contribution is 5.45. The Morgan fingerprint density at radius 2 is 1.71 bits per heavy atom. The average molecular weight is 223 g/mol. The van der Waals surface area contributed by atoms with Gasteiger partial charge in [0.15, 0.2) is 0 Å². The highest BCUT2D eigenvalue weighted by Crippen LogP contribution is 2.26. The Balaban J connectivity index is 1.77. The van der Waals surface area contributed by atoms with E-state index in [0.29, 0.717) is 0 Å². The molecule has 3 nitrogen and oxygen atoms in total. The zero-order valence-corrected chi connectivity index (χ0v) is 9.45. The summed E-state index contributed by atoms with van der Waals surface area (Å²) >= 11 is 0. The second kappa shape index (κ2) is 4.37. The molecule has 1 heterocycles. The summed E-state index contributed by atoms with van der Waals surface area (Å²) in [6, 6.07) is 18.5. The van der Waals surface area contributed by atoms with Crippen molar-refractivity contribution in [3.8, 4) is 0 Å². The molecular weight excluding hydrogens is 210 g/mol. The molecule has 0 fully saturated rings. The molecule has 3 rings (SSSR count). The minimum atomic E-state index is 0.804. The van der Waals surface area contributed by atoms with E-state index >= 15 is 0 Å². The summed E-state index contributed by atoms with van der Waals surface area (Å²) < 4.78 is 0. The number of nitrogens with zero attached hydrogens (tertiary/aromatic N) is 3. The molecule has 84 valence electrons. The molecule has 17 heavy (non-hydrogen) atoms. The lowest BCUT2D eigenvalue weighted by molar-refractivity contribution is 0.244. The Morgan fingerprint density at radius 3 is 2.59 bits per heavy atom. The lowest BCUT2D eigenvalue weighted by atomic mass is 10.1. The Bertz CT molecular complexity index is 534. The Hall–Kier alpha value is -2.16. The Kier molecular flexibility index (Phi) is 2.58. The Morgan fingerprint density at radius 1 is 0.941 bits per heavy atom. The van der Waals surface area contributed by atoms with Gasteiger partial charge in [-0.05, 0) is 11.6 Å². The van der Waals surface area contributed by atoms with E-state index in [0.717, 1.165) is 18.8 Å². The standard InChI is InChI=1S/C14H13N3/c1-2-6-12(7-3-1)10-17-11-13-8-4-5-9-14(13)15-16-17/h1-9H,10-11H2. The van der Waals surface area contributed by atoms with Gasteiger partial charge < -0.3 is 0 Å². The minimum absolute atomic E-state index is 0.804. The van der Waals surface area contributed by atoms with Gasteiger partial charge in [0.25, 0.3) is 0 Å². The van der Waals surface area contributed by atoms with E-state index in [-0.39, 0.29) is 0 Å². The van der Waals surface area contributed by atoms with Crippen molar-refractivity contribution < 1.29 is 0 Å². The van der Waals surface area contributed by atoms with E-state index in [4.69, 9.17) is 0 Å². The highest BCUT2D eigenvalue weighted by Gasteiger charge is 2.12. The van der Waals surface area contributed by atoms with Gasteiger partial charge in [0, 0.05) is 5.56 Å². The molecule has 0 atom stereocenters. The second-order valence-corrected chi connectivity index (χ2v) is 4.13. The van der Waals surface area contributed by atoms with Crippen LogP contribution in [-0.4, -0.2) is 5.01 Å². The van der Waals surface area contributed by atoms with Crippen LogP contribution in [0.2, 0.25) is 0 Å². The van der Waals surface area contributed by atoms with Gasteiger partial charge in [-0.3, -0.25) is 5.01 Å². The summed E-state index contributed by atoms with van der Waals surface area (Å²) in [4.78, 5) is 0. The van der Waals surface area contributed by atoms with E-state index in [1.54, 1.807) is 0 Å². The molecule has 0 aromatic heterocycles. The normalized spacial score (nSPS) is 13.5. The smallest absolute Gasteiger partial charge is 0.0924 e. The molecular formula is C14H13N3. The predicted octanol–water partition coefficient (Wildman–Crippen LogP) is 3.70. The lowest BCUT2D eigenvalue weighted by Crippen LogP contribution is -2.18. The quantitative estimate of drug-likeness (QED) is 0.762. The van der Waals surface area contributed by atoms with Crippen LogP contribution in [0.15, 0.2) is 64.9 Å². The average Bonchev–Trinajstić information content (AvgIpc) is 2.40. The summed E-state index contributed by atoms with van der Waals surface area (Å²) in [5.74, 6) is 0. The van der Waals surface area contributed by atoms with Gasteiger partial charge in [0.05, 0.1) is 18.8 Å². The number of hydrogen-bond donors (Lipinski definition) is 0. The maximum Gasteiger partial charge on any atom is 0.0924 e. The first-order valence-electron chi connectivity index (χ1n) is 5.70. The summed E-state index contributed by atoms with van der Waals surface area (Å²) in [6.07, 6.45) is 0. The van der Waals surface area contributed by atoms with Gasteiger partial charge in [0.1, 0.15) is 0 Å². The first-order valence-corrected chi connectivity index (χ1v) is 5.70. The number of fused-ring (bicyclic) bond motifs is 1. The minimum Gasteiger partial charge on any atom is -0.270 e. The van der Waals surface area contributed by atoms with E-state index < -0.39 is 0 Å². The van der Waals surface area contributed by atoms with E-state index in [1.807, 2.05) is 41.4 Å². The maximum atomic E-state index is 4.22. The lowest BCUT2D eigenvalue weighted by Gasteiger charge is -2.22. The topological polar surface area (TPSA) is 28.0 Å². The van der Waals surface area contributed by atoms with Crippen molar-refractivity contribution in [3.05, 3.63) is 65.7 Å². The summed E-state index contributed by atoms with van der Waals surface area (Å²) in [5.41, 5.74) is 3.47. The van der Waals surface area contributed by atoms with Crippen LogP contribution in [0.5, 0.6) is 0 Å². The fourth-order valence-electron chi connectivity index (χ4n) is 1.96. The third-order valence-corrected chi connectivity index (χ3v) is 2.83. The van der Waals surface area contributed by atoms with Crippen molar-refractivity contribution >= 4 is 5.69 Å². The molecule has 0 radical (unpaired) electrons. The van der Waals surface area contributed by atoms with Crippen LogP contribution in [0.25, 0.3) is 0 Å². The van der Waals surface area contributed by atoms with Gasteiger partial charge in [-0.1, -0.05) is 53.8 Å². The molecule has 3 heteroatoms. The van der Waals surface area contributed by atoms with Crippen LogP contribution in [0, 0.1) is 0 Å². The third-order valence-electron chi connectivity index (χ3n) is 2.83. The van der Waals surface area contributed by atoms with Crippen LogP contribution in [0.3, 0.4) is 0 Å². The van der Waals surface area contributed by atoms with Crippen molar-refractivity contribution in [1.82, 2.24) is 5.01 Å². The fourth-order valence-corrected chi connectivity index (χ4v) is 1.96. The van der Waals surface area contributed by atoms with Crippen molar-refractivity contribution in [3.63, 3.8) is 0 Å². The molecule has 1 aliphatic rings. The molecule has 0 spiro atoms. The van der Waals surface area contributed by atoms with Gasteiger partial charge >= 0.3 is 0 Å². The van der Waals surface area contributed by atoms with Crippen molar-refractivity contribution in [1.29, 1.82) is 0 Å². The van der Waals surface area contributed by atoms with Crippen molar-refractivity contribution in [2.24, 2.45) is 10.3 Å². The van der Waals surface area contributed by atoms with E-state index in [2.05, 4.69) is 28.5 Å². The van der Waals surface area contributed by atoms with Gasteiger partial charge in [-0.15, -0.1) is 5.11 Å². The fraction of sp³-hybridized carbons (Fsp3) is 0.143. The maximum absolute atomic E-state index is 4.22. The molecule has 0 amide bonds. The van der Waals surface area contributed by atoms with Crippen LogP contribution >= 0.6 is 0 Å². The van der Waals surface area contributed by atoms with E-state index in [9.17, 15) is 0 Å². The summed E-state index contributed by atoms with van der Waals surface area (Å²) in [5, 5.41) is 10.4. The second-order valence-electron chi connectivity index (χ2n) is 4.13. The van der Waals surface area contributed by atoms with Crippen molar-refractivity contribution in [2.75, 3.05) is 0 Å². The monoisotopic (exact) mass is 223 g/mol. The van der Waals surface area contributed by atoms with Gasteiger partial charge in [-0.25, -0.2) is 0 Å². The third kappa shape index (κ3) is 2.18. The molecule has 2 aromatic carbocycles. The summed E-state index contributed by atoms with van der Waals surface area (Å²) in [7, 11) is 0. The number of benzene rings is 2. The van der Waals surface area contributed by atoms with Crippen LogP contribution in [-0.2, 0) is 13.1 Å². The molecule has 0 aliphatic carbocycles. The number of rotatable bonds is 2. The Labute approximate surface area is 100 Å². The molecule has 2 aromatic rings. The molecule has 0 N–H and O–H groups in total. The molecule has 0 saturated carbocycles. The zero-order valence-electron chi connectivity index (χ0n) is 9.45. The molecule has 0 unspecified atom stereocenters. The molecule has 0 saturated heterocycles. The highest BCUT2D eigenvalue weighted by atomic mass is 15.5.